The first-order valence-corrected chi connectivity index (χ1v) is 10.8. The number of nitrogens with one attached hydrogen (secondary N) is 3. The van der Waals surface area contributed by atoms with Gasteiger partial charge in [-0.2, -0.15) is 0 Å². The summed E-state index contributed by atoms with van der Waals surface area (Å²) in [6.07, 6.45) is 2.14. The molecule has 1 aliphatic heterocycles. The van der Waals surface area contributed by atoms with Gasteiger partial charge in [0.05, 0.1) is 6.10 Å². The van der Waals surface area contributed by atoms with Crippen molar-refractivity contribution < 1.29 is 13.9 Å². The Morgan fingerprint density at radius 1 is 1.12 bits per heavy atom. The first kappa shape index (κ1) is 26.1. The topological polar surface area (TPSA) is 74.8 Å². The van der Waals surface area contributed by atoms with Crippen LogP contribution in [0.2, 0.25) is 0 Å². The number of nitrogens with zero attached hydrogens (tertiary/aromatic N) is 1. The Bertz CT molecular complexity index is 875. The van der Waals surface area contributed by atoms with E-state index < -0.39 is 0 Å². The highest BCUT2D eigenvalue weighted by Gasteiger charge is 2.27. The van der Waals surface area contributed by atoms with E-state index in [2.05, 4.69) is 52.1 Å². The lowest BCUT2D eigenvalue weighted by molar-refractivity contribution is -0.114. The highest BCUT2D eigenvalue weighted by Crippen LogP contribution is 2.33. The van der Waals surface area contributed by atoms with Crippen LogP contribution < -0.4 is 16.0 Å². The first-order chi connectivity index (χ1) is 15.0. The van der Waals surface area contributed by atoms with Crippen LogP contribution in [0.5, 0.6) is 0 Å². The molecule has 2 aromatic rings. The van der Waals surface area contributed by atoms with Crippen LogP contribution in [0.25, 0.3) is 0 Å². The van der Waals surface area contributed by atoms with Gasteiger partial charge in [0.25, 0.3) is 0 Å². The number of ether oxygens (including phenoxy) is 1. The molecule has 2 unspecified atom stereocenters. The number of aryl methyl sites for hydroxylation is 1. The Morgan fingerprint density at radius 2 is 1.84 bits per heavy atom. The van der Waals surface area contributed by atoms with Crippen LogP contribution in [0, 0.1) is 18.7 Å². The van der Waals surface area contributed by atoms with Crippen LogP contribution >= 0.6 is 24.0 Å². The van der Waals surface area contributed by atoms with Gasteiger partial charge in [-0.05, 0) is 56.5 Å². The predicted octanol–water partition coefficient (Wildman–Crippen LogP) is 4.41. The van der Waals surface area contributed by atoms with Gasteiger partial charge in [0, 0.05) is 31.3 Å². The number of carbonyl (C=O) groups excluding carboxylic acids is 1. The lowest BCUT2D eigenvalue weighted by Gasteiger charge is -2.32. The van der Waals surface area contributed by atoms with E-state index in [1.165, 1.54) is 35.4 Å². The number of amides is 1. The number of hydrogen-bond acceptors (Lipinski definition) is 3. The van der Waals surface area contributed by atoms with Crippen LogP contribution in [0.1, 0.15) is 37.0 Å². The van der Waals surface area contributed by atoms with Crippen molar-refractivity contribution in [2.24, 2.45) is 10.9 Å². The van der Waals surface area contributed by atoms with Crippen molar-refractivity contribution in [3.05, 3.63) is 65.5 Å². The maximum Gasteiger partial charge on any atom is 0.246 e. The third-order valence-electron chi connectivity index (χ3n) is 5.24. The molecule has 2 aromatic carbocycles. The highest BCUT2D eigenvalue weighted by molar-refractivity contribution is 14.0. The first-order valence-electron chi connectivity index (χ1n) is 10.8. The summed E-state index contributed by atoms with van der Waals surface area (Å²) in [5.74, 6) is 0.297. The fourth-order valence-corrected chi connectivity index (χ4v) is 3.63. The minimum Gasteiger partial charge on any atom is -0.373 e. The Morgan fingerprint density at radius 3 is 2.53 bits per heavy atom. The minimum absolute atomic E-state index is 0. The molecule has 174 valence electrons. The van der Waals surface area contributed by atoms with E-state index in [0.29, 0.717) is 30.7 Å². The van der Waals surface area contributed by atoms with E-state index in [9.17, 15) is 9.18 Å². The van der Waals surface area contributed by atoms with Gasteiger partial charge in [0.1, 0.15) is 12.4 Å². The second kappa shape index (κ2) is 13.4. The number of carbonyl (C=O) groups is 1. The molecule has 3 rings (SSSR count). The average Bonchev–Trinajstić information content (AvgIpc) is 2.78. The molecule has 0 bridgehead atoms. The van der Waals surface area contributed by atoms with Crippen molar-refractivity contribution in [3.8, 4) is 0 Å². The zero-order valence-electron chi connectivity index (χ0n) is 18.6. The number of aliphatic imine (C=N–C) groups is 1. The fourth-order valence-electron chi connectivity index (χ4n) is 3.63. The molecule has 2 atom stereocenters. The Labute approximate surface area is 206 Å². The lowest BCUT2D eigenvalue weighted by Crippen LogP contribution is -2.42. The summed E-state index contributed by atoms with van der Waals surface area (Å²) in [5.41, 5.74) is 2.97. The lowest BCUT2D eigenvalue weighted by atomic mass is 9.89. The summed E-state index contributed by atoms with van der Waals surface area (Å²) in [6, 6.07) is 14.2. The predicted molar refractivity (Wildman–Crippen MR) is 137 cm³/mol. The minimum atomic E-state index is -0.342. The summed E-state index contributed by atoms with van der Waals surface area (Å²) in [7, 11) is 0. The number of benzene rings is 2. The fraction of sp³-hybridized carbons (Fsp3) is 0.417. The Balaban J connectivity index is 0.00000363. The molecule has 0 aliphatic carbocycles. The van der Waals surface area contributed by atoms with Crippen LogP contribution in [0.3, 0.4) is 0 Å². The van der Waals surface area contributed by atoms with Gasteiger partial charge >= 0.3 is 0 Å². The summed E-state index contributed by atoms with van der Waals surface area (Å²) in [6.45, 7) is 6.19. The van der Waals surface area contributed by atoms with Crippen LogP contribution in [-0.2, 0) is 9.53 Å². The second-order valence-electron chi connectivity index (χ2n) is 7.74. The Hall–Kier alpha value is -2.20. The zero-order chi connectivity index (χ0) is 22.1. The summed E-state index contributed by atoms with van der Waals surface area (Å²) in [5, 5.41) is 9.25. The SMILES string of the molecule is CCNC(=NCC(=O)Nc1ccc(F)cc1)NCC1CCCOC1c1ccc(C)cc1.I. The van der Waals surface area contributed by atoms with Gasteiger partial charge in [-0.3, -0.25) is 4.79 Å². The third-order valence-corrected chi connectivity index (χ3v) is 5.24. The van der Waals surface area contributed by atoms with Crippen LogP contribution in [-0.4, -0.2) is 38.1 Å². The normalized spacial score (nSPS) is 18.4. The molecule has 3 N–H and O–H groups in total. The molecule has 0 spiro atoms. The van der Waals surface area contributed by atoms with Gasteiger partial charge in [0.15, 0.2) is 5.96 Å². The van der Waals surface area contributed by atoms with E-state index in [1.54, 1.807) is 0 Å². The molecular weight excluding hydrogens is 522 g/mol. The second-order valence-corrected chi connectivity index (χ2v) is 7.74. The molecule has 6 nitrogen and oxygen atoms in total. The molecule has 1 heterocycles. The van der Waals surface area contributed by atoms with E-state index in [-0.39, 0.29) is 48.3 Å². The smallest absolute Gasteiger partial charge is 0.246 e. The standard InChI is InChI=1S/C24H31FN4O2.HI/c1-3-26-24(28-16-22(30)29-21-12-10-20(25)11-13-21)27-15-19-5-4-14-31-23(19)18-8-6-17(2)7-9-18;/h6-13,19,23H,3-5,14-16H2,1-2H3,(H,29,30)(H2,26,27,28);1H. The molecule has 1 fully saturated rings. The van der Waals surface area contributed by atoms with Crippen molar-refractivity contribution in [1.82, 2.24) is 10.6 Å². The van der Waals surface area contributed by atoms with E-state index >= 15 is 0 Å². The number of halogens is 2. The van der Waals surface area contributed by atoms with Gasteiger partial charge < -0.3 is 20.7 Å². The maximum absolute atomic E-state index is 13.0. The molecular formula is C24H32FIN4O2. The number of hydrogen-bond donors (Lipinski definition) is 3. The quantitative estimate of drug-likeness (QED) is 0.269. The zero-order valence-corrected chi connectivity index (χ0v) is 20.9. The molecule has 1 aliphatic rings. The summed E-state index contributed by atoms with van der Waals surface area (Å²) in [4.78, 5) is 16.6. The number of rotatable bonds is 7. The molecule has 1 saturated heterocycles. The monoisotopic (exact) mass is 554 g/mol. The number of anilines is 1. The third kappa shape index (κ3) is 8.05. The molecule has 32 heavy (non-hydrogen) atoms. The van der Waals surface area contributed by atoms with E-state index in [1.807, 2.05) is 6.92 Å². The highest BCUT2D eigenvalue weighted by atomic mass is 127. The summed E-state index contributed by atoms with van der Waals surface area (Å²) < 4.78 is 19.1. The number of guanidine groups is 1. The van der Waals surface area contributed by atoms with E-state index in [4.69, 9.17) is 4.74 Å². The molecule has 0 aromatic heterocycles. The van der Waals surface area contributed by atoms with Gasteiger partial charge in [-0.1, -0.05) is 29.8 Å². The maximum atomic E-state index is 13.0. The van der Waals surface area contributed by atoms with Gasteiger partial charge in [-0.15, -0.1) is 24.0 Å². The summed E-state index contributed by atoms with van der Waals surface area (Å²) >= 11 is 0. The van der Waals surface area contributed by atoms with Gasteiger partial charge in [0.2, 0.25) is 5.91 Å². The van der Waals surface area contributed by atoms with E-state index in [0.717, 1.165) is 19.4 Å². The van der Waals surface area contributed by atoms with Crippen LogP contribution in [0.15, 0.2) is 53.5 Å². The largest absolute Gasteiger partial charge is 0.373 e. The van der Waals surface area contributed by atoms with Gasteiger partial charge in [-0.25, -0.2) is 9.38 Å². The van der Waals surface area contributed by atoms with Crippen molar-refractivity contribution in [2.75, 3.05) is 31.6 Å². The van der Waals surface area contributed by atoms with Crippen molar-refractivity contribution in [2.45, 2.75) is 32.8 Å². The van der Waals surface area contributed by atoms with Crippen molar-refractivity contribution >= 4 is 41.5 Å². The molecule has 8 heteroatoms. The van der Waals surface area contributed by atoms with Crippen molar-refractivity contribution in [1.29, 1.82) is 0 Å². The average molecular weight is 554 g/mol. The molecule has 0 saturated carbocycles. The molecule has 0 radical (unpaired) electrons. The molecule has 1 amide bonds. The Kier molecular flexibility index (Phi) is 10.9. The van der Waals surface area contributed by atoms with Crippen molar-refractivity contribution in [3.63, 3.8) is 0 Å². The van der Waals surface area contributed by atoms with Crippen LogP contribution in [0.4, 0.5) is 10.1 Å².